The van der Waals surface area contributed by atoms with Gasteiger partial charge in [-0.2, -0.15) is 0 Å². The molecule has 0 aromatic heterocycles. The van der Waals surface area contributed by atoms with E-state index in [2.05, 4.69) is 6.92 Å². The zero-order valence-corrected chi connectivity index (χ0v) is 8.86. The highest BCUT2D eigenvalue weighted by Gasteiger charge is 2.11. The SMILES string of the molecule is CCC[C@@H](O)c1ccccc1OCC. The molecular formula is C12H18O2. The second kappa shape index (κ2) is 5.66. The van der Waals surface area contributed by atoms with Gasteiger partial charge in [0.25, 0.3) is 0 Å². The minimum atomic E-state index is -0.400. The van der Waals surface area contributed by atoms with Crippen molar-refractivity contribution in [3.8, 4) is 5.75 Å². The minimum Gasteiger partial charge on any atom is -0.493 e. The van der Waals surface area contributed by atoms with Gasteiger partial charge in [-0.15, -0.1) is 0 Å². The van der Waals surface area contributed by atoms with E-state index in [0.717, 1.165) is 24.2 Å². The van der Waals surface area contributed by atoms with Crippen molar-refractivity contribution in [2.24, 2.45) is 0 Å². The maximum Gasteiger partial charge on any atom is 0.125 e. The van der Waals surface area contributed by atoms with Crippen LogP contribution in [-0.2, 0) is 0 Å². The van der Waals surface area contributed by atoms with Crippen LogP contribution in [0.3, 0.4) is 0 Å². The summed E-state index contributed by atoms with van der Waals surface area (Å²) in [4.78, 5) is 0. The minimum absolute atomic E-state index is 0.400. The highest BCUT2D eigenvalue weighted by atomic mass is 16.5. The number of ether oxygens (including phenoxy) is 1. The molecule has 1 atom stereocenters. The second-order valence-electron chi connectivity index (χ2n) is 3.28. The zero-order valence-electron chi connectivity index (χ0n) is 8.86. The number of aliphatic hydroxyl groups excluding tert-OH is 1. The summed E-state index contributed by atoms with van der Waals surface area (Å²) in [5, 5.41) is 9.85. The molecule has 14 heavy (non-hydrogen) atoms. The van der Waals surface area contributed by atoms with Gasteiger partial charge in [-0.3, -0.25) is 0 Å². The summed E-state index contributed by atoms with van der Waals surface area (Å²) in [5.41, 5.74) is 0.899. The highest BCUT2D eigenvalue weighted by Crippen LogP contribution is 2.27. The average molecular weight is 194 g/mol. The Hall–Kier alpha value is -1.02. The quantitative estimate of drug-likeness (QED) is 0.781. The smallest absolute Gasteiger partial charge is 0.125 e. The van der Waals surface area contributed by atoms with Crippen molar-refractivity contribution in [1.29, 1.82) is 0 Å². The molecule has 2 nitrogen and oxygen atoms in total. The molecule has 1 aromatic carbocycles. The fourth-order valence-electron chi connectivity index (χ4n) is 1.47. The number of aliphatic hydroxyl groups is 1. The summed E-state index contributed by atoms with van der Waals surface area (Å²) < 4.78 is 5.44. The van der Waals surface area contributed by atoms with E-state index in [4.69, 9.17) is 4.74 Å². The Balaban J connectivity index is 2.82. The Morgan fingerprint density at radius 3 is 2.64 bits per heavy atom. The van der Waals surface area contributed by atoms with Crippen LogP contribution in [0.4, 0.5) is 0 Å². The monoisotopic (exact) mass is 194 g/mol. The molecule has 78 valence electrons. The first-order valence-electron chi connectivity index (χ1n) is 5.19. The van der Waals surface area contributed by atoms with Crippen LogP contribution in [0.1, 0.15) is 38.4 Å². The lowest BCUT2D eigenvalue weighted by Crippen LogP contribution is -2.01. The molecule has 0 bridgehead atoms. The lowest BCUT2D eigenvalue weighted by Gasteiger charge is -2.14. The van der Waals surface area contributed by atoms with Crippen molar-refractivity contribution < 1.29 is 9.84 Å². The van der Waals surface area contributed by atoms with E-state index in [1.807, 2.05) is 31.2 Å². The number of benzene rings is 1. The first kappa shape index (κ1) is 11.1. The van der Waals surface area contributed by atoms with Gasteiger partial charge >= 0.3 is 0 Å². The molecule has 0 aliphatic rings. The molecular weight excluding hydrogens is 176 g/mol. The number of para-hydroxylation sites is 1. The second-order valence-corrected chi connectivity index (χ2v) is 3.28. The molecule has 0 saturated carbocycles. The van der Waals surface area contributed by atoms with Gasteiger partial charge in [0.05, 0.1) is 12.7 Å². The van der Waals surface area contributed by atoms with Gasteiger partial charge in [-0.25, -0.2) is 0 Å². The molecule has 0 heterocycles. The van der Waals surface area contributed by atoms with E-state index in [0.29, 0.717) is 6.61 Å². The summed E-state index contributed by atoms with van der Waals surface area (Å²) in [5.74, 6) is 0.802. The Labute approximate surface area is 85.5 Å². The summed E-state index contributed by atoms with van der Waals surface area (Å²) in [6.07, 6.45) is 1.36. The van der Waals surface area contributed by atoms with Gasteiger partial charge in [0.2, 0.25) is 0 Å². The highest BCUT2D eigenvalue weighted by molar-refractivity contribution is 5.34. The van der Waals surface area contributed by atoms with E-state index in [-0.39, 0.29) is 0 Å². The van der Waals surface area contributed by atoms with Gasteiger partial charge < -0.3 is 9.84 Å². The standard InChI is InChI=1S/C12H18O2/c1-3-7-11(13)10-8-5-6-9-12(10)14-4-2/h5-6,8-9,11,13H,3-4,7H2,1-2H3/t11-/m1/s1. The topological polar surface area (TPSA) is 29.5 Å². The number of hydrogen-bond donors (Lipinski definition) is 1. The molecule has 0 fully saturated rings. The fraction of sp³-hybridized carbons (Fsp3) is 0.500. The van der Waals surface area contributed by atoms with E-state index in [9.17, 15) is 5.11 Å². The molecule has 0 unspecified atom stereocenters. The van der Waals surface area contributed by atoms with Crippen LogP contribution in [-0.4, -0.2) is 11.7 Å². The van der Waals surface area contributed by atoms with Crippen LogP contribution in [0.2, 0.25) is 0 Å². The number of hydrogen-bond acceptors (Lipinski definition) is 2. The summed E-state index contributed by atoms with van der Waals surface area (Å²) in [6.45, 7) is 4.64. The molecule has 0 aliphatic heterocycles. The Morgan fingerprint density at radius 2 is 2.00 bits per heavy atom. The molecule has 2 heteroatoms. The van der Waals surface area contributed by atoms with Gasteiger partial charge in [-0.1, -0.05) is 31.5 Å². The van der Waals surface area contributed by atoms with Gasteiger partial charge in [0.15, 0.2) is 0 Å². The van der Waals surface area contributed by atoms with Crippen LogP contribution < -0.4 is 4.74 Å². The van der Waals surface area contributed by atoms with E-state index in [1.54, 1.807) is 0 Å². The van der Waals surface area contributed by atoms with Crippen LogP contribution in [0.5, 0.6) is 5.75 Å². The van der Waals surface area contributed by atoms with Gasteiger partial charge in [0.1, 0.15) is 5.75 Å². The largest absolute Gasteiger partial charge is 0.493 e. The van der Waals surface area contributed by atoms with Gasteiger partial charge in [-0.05, 0) is 19.4 Å². The van der Waals surface area contributed by atoms with E-state index in [1.165, 1.54) is 0 Å². The number of rotatable bonds is 5. The predicted octanol–water partition coefficient (Wildman–Crippen LogP) is 2.92. The Morgan fingerprint density at radius 1 is 1.29 bits per heavy atom. The van der Waals surface area contributed by atoms with Crippen LogP contribution in [0, 0.1) is 0 Å². The lowest BCUT2D eigenvalue weighted by molar-refractivity contribution is 0.161. The average Bonchev–Trinajstić information content (AvgIpc) is 2.19. The third-order valence-electron chi connectivity index (χ3n) is 2.14. The molecule has 1 aromatic rings. The maximum absolute atomic E-state index is 9.85. The Bertz CT molecular complexity index is 271. The van der Waals surface area contributed by atoms with Crippen LogP contribution >= 0.6 is 0 Å². The normalized spacial score (nSPS) is 12.5. The van der Waals surface area contributed by atoms with Crippen molar-refractivity contribution in [3.05, 3.63) is 29.8 Å². The van der Waals surface area contributed by atoms with Crippen LogP contribution in [0.15, 0.2) is 24.3 Å². The zero-order chi connectivity index (χ0) is 10.4. The van der Waals surface area contributed by atoms with E-state index >= 15 is 0 Å². The van der Waals surface area contributed by atoms with Crippen molar-refractivity contribution in [3.63, 3.8) is 0 Å². The fourth-order valence-corrected chi connectivity index (χ4v) is 1.47. The third kappa shape index (κ3) is 2.74. The predicted molar refractivity (Wildman–Crippen MR) is 57.5 cm³/mol. The van der Waals surface area contributed by atoms with Crippen LogP contribution in [0.25, 0.3) is 0 Å². The Kier molecular flexibility index (Phi) is 4.47. The van der Waals surface area contributed by atoms with Crippen molar-refractivity contribution in [2.75, 3.05) is 6.61 Å². The molecule has 0 aliphatic carbocycles. The lowest BCUT2D eigenvalue weighted by atomic mass is 10.0. The molecule has 0 radical (unpaired) electrons. The van der Waals surface area contributed by atoms with Crippen molar-refractivity contribution in [2.45, 2.75) is 32.8 Å². The van der Waals surface area contributed by atoms with Crippen molar-refractivity contribution in [1.82, 2.24) is 0 Å². The first-order valence-corrected chi connectivity index (χ1v) is 5.19. The molecule has 1 N–H and O–H groups in total. The molecule has 0 saturated heterocycles. The third-order valence-corrected chi connectivity index (χ3v) is 2.14. The summed E-state index contributed by atoms with van der Waals surface area (Å²) >= 11 is 0. The molecule has 1 rings (SSSR count). The summed E-state index contributed by atoms with van der Waals surface area (Å²) in [6, 6.07) is 7.67. The van der Waals surface area contributed by atoms with Gasteiger partial charge in [0, 0.05) is 5.56 Å². The maximum atomic E-state index is 9.85. The van der Waals surface area contributed by atoms with E-state index < -0.39 is 6.10 Å². The molecule has 0 amide bonds. The summed E-state index contributed by atoms with van der Waals surface area (Å²) in [7, 11) is 0. The first-order chi connectivity index (χ1) is 6.79. The molecule has 0 spiro atoms. The van der Waals surface area contributed by atoms with Crippen molar-refractivity contribution >= 4 is 0 Å².